The van der Waals surface area contributed by atoms with Crippen LogP contribution in [-0.4, -0.2) is 9.97 Å². The first-order valence-electron chi connectivity index (χ1n) is 8.74. The Hall–Kier alpha value is -2.72. The highest BCUT2D eigenvalue weighted by Crippen LogP contribution is 2.34. The molecule has 0 saturated heterocycles. The lowest BCUT2D eigenvalue weighted by Crippen LogP contribution is -2.02. The number of nitrogens with one attached hydrogen (secondary N) is 1. The molecule has 4 heteroatoms. The lowest BCUT2D eigenvalue weighted by Gasteiger charge is -2.10. The van der Waals surface area contributed by atoms with Crippen LogP contribution in [0.5, 0.6) is 0 Å². The zero-order valence-electron chi connectivity index (χ0n) is 15.2. The first-order valence-corrected chi connectivity index (χ1v) is 9.56. The Balaban J connectivity index is 1.80. The number of aromatic nitrogens is 2. The molecule has 0 aliphatic rings. The van der Waals surface area contributed by atoms with Gasteiger partial charge in [-0.2, -0.15) is 0 Å². The fourth-order valence-electron chi connectivity index (χ4n) is 3.10. The van der Waals surface area contributed by atoms with Crippen molar-refractivity contribution in [2.24, 2.45) is 0 Å². The van der Waals surface area contributed by atoms with E-state index in [0.29, 0.717) is 0 Å². The Morgan fingerprint density at radius 1 is 0.923 bits per heavy atom. The van der Waals surface area contributed by atoms with Crippen LogP contribution in [-0.2, 0) is 6.42 Å². The number of benzene rings is 2. The van der Waals surface area contributed by atoms with Crippen molar-refractivity contribution in [3.63, 3.8) is 0 Å². The molecule has 0 aliphatic heterocycles. The molecule has 0 amide bonds. The lowest BCUT2D eigenvalue weighted by atomic mass is 10.1. The third kappa shape index (κ3) is 3.33. The average molecular weight is 359 g/mol. The highest BCUT2D eigenvalue weighted by Gasteiger charge is 2.15. The van der Waals surface area contributed by atoms with E-state index in [9.17, 15) is 0 Å². The van der Waals surface area contributed by atoms with Crippen LogP contribution in [0.25, 0.3) is 10.2 Å². The minimum atomic E-state index is 0.731. The van der Waals surface area contributed by atoms with Crippen molar-refractivity contribution < 1.29 is 0 Å². The van der Waals surface area contributed by atoms with Gasteiger partial charge in [0.2, 0.25) is 0 Å². The van der Waals surface area contributed by atoms with Crippen LogP contribution in [0.15, 0.2) is 54.6 Å². The van der Waals surface area contributed by atoms with E-state index in [1.165, 1.54) is 21.6 Å². The number of aryl methyl sites for hydroxylation is 3. The van der Waals surface area contributed by atoms with Crippen molar-refractivity contribution in [3.05, 3.63) is 82.0 Å². The van der Waals surface area contributed by atoms with Crippen LogP contribution >= 0.6 is 11.3 Å². The van der Waals surface area contributed by atoms with Crippen LogP contribution in [0.4, 0.5) is 11.5 Å². The maximum atomic E-state index is 4.88. The first-order chi connectivity index (χ1) is 12.6. The standard InChI is InChI=1S/C22H21N3S/c1-14-8-7-11-18(12-14)23-21-20-15(2)16(3)26-22(20)25-19(24-21)13-17-9-5-4-6-10-17/h4-12H,13H2,1-3H3,(H,23,24,25). The van der Waals surface area contributed by atoms with Gasteiger partial charge >= 0.3 is 0 Å². The van der Waals surface area contributed by atoms with Gasteiger partial charge in [0.25, 0.3) is 0 Å². The molecular weight excluding hydrogens is 338 g/mol. The fourth-order valence-corrected chi connectivity index (χ4v) is 4.15. The molecular formula is C22H21N3S. The molecule has 0 radical (unpaired) electrons. The molecule has 0 saturated carbocycles. The summed E-state index contributed by atoms with van der Waals surface area (Å²) in [5.41, 5.74) is 4.76. The second-order valence-electron chi connectivity index (χ2n) is 6.61. The highest BCUT2D eigenvalue weighted by atomic mass is 32.1. The van der Waals surface area contributed by atoms with Gasteiger partial charge in [0.05, 0.1) is 5.39 Å². The summed E-state index contributed by atoms with van der Waals surface area (Å²) >= 11 is 1.74. The minimum Gasteiger partial charge on any atom is -0.340 e. The number of nitrogens with zero attached hydrogens (tertiary/aromatic N) is 2. The summed E-state index contributed by atoms with van der Waals surface area (Å²) < 4.78 is 0. The van der Waals surface area contributed by atoms with E-state index >= 15 is 0 Å². The minimum absolute atomic E-state index is 0.731. The monoisotopic (exact) mass is 359 g/mol. The number of hydrogen-bond acceptors (Lipinski definition) is 4. The average Bonchev–Trinajstić information content (AvgIpc) is 2.90. The maximum absolute atomic E-state index is 4.88. The van der Waals surface area contributed by atoms with Crippen molar-refractivity contribution in [3.8, 4) is 0 Å². The summed E-state index contributed by atoms with van der Waals surface area (Å²) in [6, 6.07) is 18.8. The molecule has 0 spiro atoms. The van der Waals surface area contributed by atoms with Gasteiger partial charge < -0.3 is 5.32 Å². The molecule has 0 fully saturated rings. The number of hydrogen-bond donors (Lipinski definition) is 1. The zero-order valence-corrected chi connectivity index (χ0v) is 16.0. The van der Waals surface area contributed by atoms with E-state index in [4.69, 9.17) is 9.97 Å². The fraction of sp³-hybridized carbons (Fsp3) is 0.182. The second kappa shape index (κ2) is 6.89. The third-order valence-corrected chi connectivity index (χ3v) is 5.66. The van der Waals surface area contributed by atoms with Crippen molar-refractivity contribution in [1.82, 2.24) is 9.97 Å². The molecule has 0 aliphatic carbocycles. The molecule has 4 rings (SSSR count). The van der Waals surface area contributed by atoms with Crippen molar-refractivity contribution in [2.75, 3.05) is 5.32 Å². The van der Waals surface area contributed by atoms with Crippen molar-refractivity contribution in [2.45, 2.75) is 27.2 Å². The summed E-state index contributed by atoms with van der Waals surface area (Å²) in [5, 5.41) is 4.65. The summed E-state index contributed by atoms with van der Waals surface area (Å²) in [4.78, 5) is 12.1. The quantitative estimate of drug-likeness (QED) is 0.489. The number of anilines is 2. The van der Waals surface area contributed by atoms with Gasteiger partial charge in [-0.05, 0) is 49.6 Å². The SMILES string of the molecule is Cc1cccc(Nc2nc(Cc3ccccc3)nc3sc(C)c(C)c23)c1. The molecule has 2 aromatic carbocycles. The molecule has 3 nitrogen and oxygen atoms in total. The second-order valence-corrected chi connectivity index (χ2v) is 7.81. The Kier molecular flexibility index (Phi) is 4.43. The van der Waals surface area contributed by atoms with Crippen LogP contribution in [0.3, 0.4) is 0 Å². The van der Waals surface area contributed by atoms with E-state index in [1.807, 2.05) is 6.07 Å². The Morgan fingerprint density at radius 3 is 2.50 bits per heavy atom. The Labute approximate surface area is 157 Å². The topological polar surface area (TPSA) is 37.8 Å². The van der Waals surface area contributed by atoms with Gasteiger partial charge in [-0.1, -0.05) is 42.5 Å². The van der Waals surface area contributed by atoms with Gasteiger partial charge in [-0.15, -0.1) is 11.3 Å². The predicted octanol–water partition coefficient (Wildman–Crippen LogP) is 5.95. The van der Waals surface area contributed by atoms with Gasteiger partial charge in [0, 0.05) is 17.0 Å². The van der Waals surface area contributed by atoms with E-state index in [2.05, 4.69) is 74.6 Å². The molecule has 1 N–H and O–H groups in total. The molecule has 2 heterocycles. The van der Waals surface area contributed by atoms with Gasteiger partial charge in [0.1, 0.15) is 16.5 Å². The van der Waals surface area contributed by atoms with Gasteiger partial charge in [-0.3, -0.25) is 0 Å². The lowest BCUT2D eigenvalue weighted by molar-refractivity contribution is 0.999. The van der Waals surface area contributed by atoms with E-state index in [0.717, 1.165) is 34.0 Å². The predicted molar refractivity (Wildman–Crippen MR) is 111 cm³/mol. The summed E-state index contributed by atoms with van der Waals surface area (Å²) in [5.74, 6) is 1.74. The molecule has 0 bridgehead atoms. The van der Waals surface area contributed by atoms with Crippen LogP contribution < -0.4 is 5.32 Å². The number of rotatable bonds is 4. The Morgan fingerprint density at radius 2 is 1.73 bits per heavy atom. The Bertz CT molecular complexity index is 1070. The number of fused-ring (bicyclic) bond motifs is 1. The number of thiophene rings is 1. The molecule has 0 atom stereocenters. The van der Waals surface area contributed by atoms with E-state index < -0.39 is 0 Å². The molecule has 26 heavy (non-hydrogen) atoms. The first kappa shape index (κ1) is 16.7. The van der Waals surface area contributed by atoms with E-state index in [-0.39, 0.29) is 0 Å². The smallest absolute Gasteiger partial charge is 0.143 e. The maximum Gasteiger partial charge on any atom is 0.143 e. The highest BCUT2D eigenvalue weighted by molar-refractivity contribution is 7.18. The largest absolute Gasteiger partial charge is 0.340 e. The summed E-state index contributed by atoms with van der Waals surface area (Å²) in [6.45, 7) is 6.40. The normalized spacial score (nSPS) is 11.0. The molecule has 0 unspecified atom stereocenters. The summed E-state index contributed by atoms with van der Waals surface area (Å²) in [7, 11) is 0. The van der Waals surface area contributed by atoms with Crippen molar-refractivity contribution >= 4 is 33.1 Å². The van der Waals surface area contributed by atoms with Gasteiger partial charge in [0.15, 0.2) is 0 Å². The van der Waals surface area contributed by atoms with Gasteiger partial charge in [-0.25, -0.2) is 9.97 Å². The van der Waals surface area contributed by atoms with Crippen LogP contribution in [0.1, 0.15) is 27.4 Å². The van der Waals surface area contributed by atoms with Crippen molar-refractivity contribution in [1.29, 1.82) is 0 Å². The molecule has 2 aromatic heterocycles. The van der Waals surface area contributed by atoms with Crippen LogP contribution in [0, 0.1) is 20.8 Å². The van der Waals surface area contributed by atoms with E-state index in [1.54, 1.807) is 11.3 Å². The third-order valence-electron chi connectivity index (χ3n) is 4.56. The summed E-state index contributed by atoms with van der Waals surface area (Å²) in [6.07, 6.45) is 0.731. The molecule has 130 valence electrons. The molecule has 4 aromatic rings. The zero-order chi connectivity index (χ0) is 18.1. The van der Waals surface area contributed by atoms with Crippen LogP contribution in [0.2, 0.25) is 0 Å².